The molecule has 0 saturated heterocycles. The van der Waals surface area contributed by atoms with Crippen molar-refractivity contribution in [3.05, 3.63) is 65.3 Å². The monoisotopic (exact) mass is 489 g/mol. The van der Waals surface area contributed by atoms with Crippen LogP contribution in [0.25, 0.3) is 0 Å². The average Bonchev–Trinajstić information content (AvgIpc) is 3.17. The highest BCUT2D eigenvalue weighted by molar-refractivity contribution is 7.89. The van der Waals surface area contributed by atoms with Gasteiger partial charge in [0.05, 0.1) is 4.90 Å². The second-order valence-corrected chi connectivity index (χ2v) is 8.69. The van der Waals surface area contributed by atoms with Crippen LogP contribution in [0.2, 0.25) is 5.02 Å². The highest BCUT2D eigenvalue weighted by Gasteiger charge is 2.35. The maximum atomic E-state index is 13.1. The molecule has 31 heavy (non-hydrogen) atoms. The van der Waals surface area contributed by atoms with Crippen molar-refractivity contribution in [3.8, 4) is 0 Å². The fourth-order valence-corrected chi connectivity index (χ4v) is 3.66. The molecule has 13 heteroatoms. The maximum absolute atomic E-state index is 13.1. The largest absolute Gasteiger partial charge is 0.435 e. The first-order valence-corrected chi connectivity index (χ1v) is 10.8. The maximum Gasteiger partial charge on any atom is 0.435 e. The molecule has 3 N–H and O–H groups in total. The first kappa shape index (κ1) is 23.0. The molecule has 0 aliphatic heterocycles. The molecule has 1 heterocycles. The van der Waals surface area contributed by atoms with E-state index < -0.39 is 21.9 Å². The molecular weight excluding hydrogens is 475 g/mol. The van der Waals surface area contributed by atoms with E-state index in [1.807, 2.05) is 0 Å². The molecule has 0 fully saturated rings. The molecule has 7 nitrogen and oxygen atoms in total. The lowest BCUT2D eigenvalue weighted by Gasteiger charge is -2.30. The summed E-state index contributed by atoms with van der Waals surface area (Å²) in [5.74, 6) is -0.0745. The van der Waals surface area contributed by atoms with Crippen molar-refractivity contribution in [2.45, 2.75) is 11.1 Å². The van der Waals surface area contributed by atoms with Gasteiger partial charge < -0.3 is 4.90 Å². The highest BCUT2D eigenvalue weighted by atomic mass is 35.5. The zero-order chi connectivity index (χ0) is 23.0. The molecule has 0 aliphatic carbocycles. The zero-order valence-electron chi connectivity index (χ0n) is 15.8. The minimum Gasteiger partial charge on any atom is -0.321 e. The number of anilines is 3. The molecule has 0 radical (unpaired) electrons. The molecule has 3 rings (SSSR count). The summed E-state index contributed by atoms with van der Waals surface area (Å²) in [7, 11) is -2.34. The van der Waals surface area contributed by atoms with E-state index in [2.05, 4.69) is 10.2 Å². The number of benzene rings is 2. The normalized spacial score (nSPS) is 11.9. The van der Waals surface area contributed by atoms with Gasteiger partial charge in [-0.1, -0.05) is 17.7 Å². The lowest BCUT2D eigenvalue weighted by atomic mass is 10.2. The van der Waals surface area contributed by atoms with Crippen LogP contribution in [-0.4, -0.2) is 30.8 Å². The summed E-state index contributed by atoms with van der Waals surface area (Å²) in [6.45, 7) is 0. The second-order valence-electron chi connectivity index (χ2n) is 6.33. The van der Waals surface area contributed by atoms with Gasteiger partial charge in [-0.05, 0) is 54.7 Å². The Labute approximate surface area is 186 Å². The van der Waals surface area contributed by atoms with Crippen molar-refractivity contribution in [2.75, 3.05) is 16.8 Å². The zero-order valence-corrected chi connectivity index (χ0v) is 18.1. The van der Waals surface area contributed by atoms with Gasteiger partial charge in [0.25, 0.3) is 0 Å². The number of hydrogen-bond donors (Lipinski definition) is 2. The van der Waals surface area contributed by atoms with Crippen LogP contribution in [0.4, 0.5) is 30.4 Å². The average molecular weight is 490 g/mol. The third kappa shape index (κ3) is 5.15. The number of aromatic nitrogens is 2. The van der Waals surface area contributed by atoms with Crippen LogP contribution in [0.1, 0.15) is 5.69 Å². The molecule has 1 aromatic heterocycles. The molecule has 0 atom stereocenters. The number of rotatable bonds is 4. The molecule has 0 bridgehead atoms. The Morgan fingerprint density at radius 1 is 1.13 bits per heavy atom. The molecule has 0 amide bonds. The Hall–Kier alpha value is -2.67. The van der Waals surface area contributed by atoms with Crippen LogP contribution in [0.15, 0.2) is 59.5 Å². The summed E-state index contributed by atoms with van der Waals surface area (Å²) in [4.78, 5) is 2.65. The second kappa shape index (κ2) is 8.46. The molecule has 3 aromatic rings. The third-order valence-corrected chi connectivity index (χ3v) is 5.81. The van der Waals surface area contributed by atoms with Crippen molar-refractivity contribution in [1.82, 2.24) is 10.2 Å². The Balaban J connectivity index is 2.08. The first-order valence-electron chi connectivity index (χ1n) is 8.47. The topological polar surface area (TPSA) is 95.3 Å². The SMILES string of the molecule is CN(C(=S)N(c1ccc(S(N)(=O)=O)cc1)c1cc(C(F)(F)F)n[nH]1)c1cccc(Cl)c1. The molecule has 164 valence electrons. The van der Waals surface area contributed by atoms with Crippen LogP contribution in [-0.2, 0) is 16.2 Å². The van der Waals surface area contributed by atoms with Crippen molar-refractivity contribution in [3.63, 3.8) is 0 Å². The predicted octanol–water partition coefficient (Wildman–Crippen LogP) is 4.29. The van der Waals surface area contributed by atoms with Crippen molar-refractivity contribution in [1.29, 1.82) is 0 Å². The molecular formula is C18H15ClF3N5O2S2. The van der Waals surface area contributed by atoms with Crippen molar-refractivity contribution >= 4 is 56.1 Å². The smallest absolute Gasteiger partial charge is 0.321 e. The summed E-state index contributed by atoms with van der Waals surface area (Å²) in [6.07, 6.45) is -4.67. The minimum absolute atomic E-state index is 0.0722. The van der Waals surface area contributed by atoms with E-state index in [0.717, 1.165) is 6.07 Å². The van der Waals surface area contributed by atoms with Gasteiger partial charge in [-0.25, -0.2) is 13.6 Å². The summed E-state index contributed by atoms with van der Waals surface area (Å²) in [6, 6.07) is 12.7. The minimum atomic E-state index is -4.67. The number of hydrogen-bond acceptors (Lipinski definition) is 4. The molecule has 0 spiro atoms. The number of aromatic amines is 1. The van der Waals surface area contributed by atoms with E-state index in [1.165, 1.54) is 34.1 Å². The fourth-order valence-electron chi connectivity index (χ4n) is 2.65. The summed E-state index contributed by atoms with van der Waals surface area (Å²) < 4.78 is 62.3. The van der Waals surface area contributed by atoms with Gasteiger partial charge in [-0.15, -0.1) is 0 Å². The number of sulfonamides is 1. The highest BCUT2D eigenvalue weighted by Crippen LogP contribution is 2.33. The molecule has 2 aromatic carbocycles. The summed E-state index contributed by atoms with van der Waals surface area (Å²) in [5, 5.41) is 11.3. The Morgan fingerprint density at radius 2 is 1.77 bits per heavy atom. The number of primary sulfonamides is 1. The first-order chi connectivity index (χ1) is 14.4. The van der Waals surface area contributed by atoms with Crippen molar-refractivity contribution < 1.29 is 21.6 Å². The number of nitrogens with zero attached hydrogens (tertiary/aromatic N) is 3. The van der Waals surface area contributed by atoms with Crippen LogP contribution in [0.3, 0.4) is 0 Å². The Morgan fingerprint density at radius 3 is 2.29 bits per heavy atom. The standard InChI is InChI=1S/C18H15ClF3N5O2S2/c1-26(13-4-2-3-11(19)9-13)17(30)27(16-10-15(24-25-16)18(20,21)22)12-5-7-14(8-6-12)31(23,28)29/h2-10H,1H3,(H,24,25)(H2,23,28,29). The summed E-state index contributed by atoms with van der Waals surface area (Å²) >= 11 is 11.6. The number of nitrogens with one attached hydrogen (secondary N) is 1. The van der Waals surface area contributed by atoms with E-state index >= 15 is 0 Å². The lowest BCUT2D eigenvalue weighted by molar-refractivity contribution is -0.141. The number of alkyl halides is 3. The van der Waals surface area contributed by atoms with E-state index in [1.54, 1.807) is 31.3 Å². The van der Waals surface area contributed by atoms with Crippen molar-refractivity contribution in [2.24, 2.45) is 5.14 Å². The van der Waals surface area contributed by atoms with Crippen LogP contribution >= 0.6 is 23.8 Å². The fraction of sp³-hybridized carbons (Fsp3) is 0.111. The third-order valence-electron chi connectivity index (χ3n) is 4.19. The van der Waals surface area contributed by atoms with Crippen LogP contribution < -0.4 is 14.9 Å². The molecule has 0 saturated carbocycles. The summed E-state index contributed by atoms with van der Waals surface area (Å²) in [5.41, 5.74) is -0.273. The van der Waals surface area contributed by atoms with E-state index in [0.29, 0.717) is 10.7 Å². The van der Waals surface area contributed by atoms with Gasteiger partial charge in [0, 0.05) is 29.5 Å². The Bertz CT molecular complexity index is 1210. The number of H-pyrrole nitrogens is 1. The lowest BCUT2D eigenvalue weighted by Crippen LogP contribution is -2.38. The quantitative estimate of drug-likeness (QED) is 0.531. The van der Waals surface area contributed by atoms with Gasteiger partial charge in [0.1, 0.15) is 5.82 Å². The number of halogens is 4. The van der Waals surface area contributed by atoms with Gasteiger partial charge in [-0.3, -0.25) is 10.00 Å². The van der Waals surface area contributed by atoms with Gasteiger partial charge in [0.15, 0.2) is 10.8 Å². The molecule has 0 unspecified atom stereocenters. The molecule has 0 aliphatic rings. The Kier molecular flexibility index (Phi) is 6.28. The van der Waals surface area contributed by atoms with E-state index in [-0.39, 0.29) is 21.5 Å². The van der Waals surface area contributed by atoms with Gasteiger partial charge in [0.2, 0.25) is 10.0 Å². The number of thiocarbonyl (C=S) groups is 1. The van der Waals surface area contributed by atoms with E-state index in [9.17, 15) is 21.6 Å². The van der Waals surface area contributed by atoms with Crippen LogP contribution in [0, 0.1) is 0 Å². The predicted molar refractivity (Wildman–Crippen MR) is 116 cm³/mol. The van der Waals surface area contributed by atoms with Crippen LogP contribution in [0.5, 0.6) is 0 Å². The van der Waals surface area contributed by atoms with Gasteiger partial charge in [-0.2, -0.15) is 18.3 Å². The van der Waals surface area contributed by atoms with Gasteiger partial charge >= 0.3 is 6.18 Å². The number of nitrogens with two attached hydrogens (primary N) is 1. The van der Waals surface area contributed by atoms with E-state index in [4.69, 9.17) is 29.0 Å².